The first-order valence-electron chi connectivity index (χ1n) is 9.75. The SMILES string of the molecule is COc1cccc(/C=C(/C#N)c2nc(-c3ccccc3)cs2)c1OCc1ccccc1. The summed E-state index contributed by atoms with van der Waals surface area (Å²) < 4.78 is 11.6. The quantitative estimate of drug-likeness (QED) is 0.319. The van der Waals surface area contributed by atoms with Crippen LogP contribution in [0.25, 0.3) is 22.9 Å². The molecule has 4 rings (SSSR count). The van der Waals surface area contributed by atoms with Crippen molar-refractivity contribution in [3.63, 3.8) is 0 Å². The van der Waals surface area contributed by atoms with Crippen molar-refractivity contribution in [3.05, 3.63) is 100 Å². The fourth-order valence-corrected chi connectivity index (χ4v) is 3.92. The van der Waals surface area contributed by atoms with Crippen LogP contribution >= 0.6 is 11.3 Å². The Kier molecular flexibility index (Phi) is 6.41. The van der Waals surface area contributed by atoms with E-state index < -0.39 is 0 Å². The minimum absolute atomic E-state index is 0.402. The maximum atomic E-state index is 9.82. The molecule has 0 aliphatic carbocycles. The second kappa shape index (κ2) is 9.75. The molecule has 1 heterocycles. The molecular formula is C26H20N2O2S. The number of allylic oxidation sites excluding steroid dienone is 1. The zero-order valence-electron chi connectivity index (χ0n) is 17.0. The van der Waals surface area contributed by atoms with E-state index in [4.69, 9.17) is 9.47 Å². The molecule has 0 saturated heterocycles. The first-order chi connectivity index (χ1) is 15.3. The summed E-state index contributed by atoms with van der Waals surface area (Å²) in [5.41, 5.74) is 4.17. The number of nitrogens with zero attached hydrogens (tertiary/aromatic N) is 2. The standard InChI is InChI=1S/C26H20N2O2S/c1-29-24-14-8-13-21(25(24)30-17-19-9-4-2-5-10-19)15-22(16-27)26-28-23(18-31-26)20-11-6-3-7-12-20/h2-15,18H,17H2,1H3/b22-15-. The molecule has 0 bridgehead atoms. The van der Waals surface area contributed by atoms with Crippen LogP contribution in [-0.2, 0) is 6.61 Å². The van der Waals surface area contributed by atoms with Crippen molar-refractivity contribution in [2.24, 2.45) is 0 Å². The molecule has 0 fully saturated rings. The third-order valence-electron chi connectivity index (χ3n) is 4.68. The van der Waals surface area contributed by atoms with E-state index in [2.05, 4.69) is 11.1 Å². The molecule has 31 heavy (non-hydrogen) atoms. The van der Waals surface area contributed by atoms with E-state index in [1.807, 2.05) is 84.2 Å². The van der Waals surface area contributed by atoms with Gasteiger partial charge in [0.2, 0.25) is 0 Å². The number of methoxy groups -OCH3 is 1. The highest BCUT2D eigenvalue weighted by molar-refractivity contribution is 7.11. The summed E-state index contributed by atoms with van der Waals surface area (Å²) in [6.45, 7) is 0.402. The highest BCUT2D eigenvalue weighted by atomic mass is 32.1. The number of benzene rings is 3. The molecule has 1 aromatic heterocycles. The van der Waals surface area contributed by atoms with Crippen LogP contribution in [0, 0.1) is 11.3 Å². The van der Waals surface area contributed by atoms with Gasteiger partial charge in [0.05, 0.1) is 18.4 Å². The summed E-state index contributed by atoms with van der Waals surface area (Å²) in [6, 6.07) is 27.8. The zero-order chi connectivity index (χ0) is 21.5. The summed E-state index contributed by atoms with van der Waals surface area (Å²) in [6.07, 6.45) is 1.80. The largest absolute Gasteiger partial charge is 0.493 e. The van der Waals surface area contributed by atoms with Crippen molar-refractivity contribution < 1.29 is 9.47 Å². The van der Waals surface area contributed by atoms with Crippen LogP contribution in [0.5, 0.6) is 11.5 Å². The van der Waals surface area contributed by atoms with E-state index in [0.717, 1.165) is 22.4 Å². The van der Waals surface area contributed by atoms with Gasteiger partial charge in [0, 0.05) is 16.5 Å². The predicted octanol–water partition coefficient (Wildman–Crippen LogP) is 6.46. The molecule has 0 aliphatic rings. The lowest BCUT2D eigenvalue weighted by atomic mass is 10.1. The van der Waals surface area contributed by atoms with Crippen molar-refractivity contribution in [1.29, 1.82) is 5.26 Å². The number of para-hydroxylation sites is 1. The van der Waals surface area contributed by atoms with Crippen LogP contribution < -0.4 is 9.47 Å². The highest BCUT2D eigenvalue weighted by Crippen LogP contribution is 2.35. The van der Waals surface area contributed by atoms with E-state index >= 15 is 0 Å². The van der Waals surface area contributed by atoms with Crippen LogP contribution in [-0.4, -0.2) is 12.1 Å². The summed E-state index contributed by atoms with van der Waals surface area (Å²) in [4.78, 5) is 4.67. The van der Waals surface area contributed by atoms with Gasteiger partial charge in [-0.1, -0.05) is 72.8 Å². The number of rotatable bonds is 7. The Balaban J connectivity index is 1.66. The van der Waals surface area contributed by atoms with Gasteiger partial charge >= 0.3 is 0 Å². The van der Waals surface area contributed by atoms with Crippen LogP contribution in [0.4, 0.5) is 0 Å². The van der Waals surface area contributed by atoms with E-state index in [1.165, 1.54) is 11.3 Å². The molecule has 4 nitrogen and oxygen atoms in total. The molecule has 0 radical (unpaired) electrons. The van der Waals surface area contributed by atoms with Gasteiger partial charge in [-0.3, -0.25) is 0 Å². The Bertz CT molecular complexity index is 1230. The topological polar surface area (TPSA) is 55.1 Å². The maximum absolute atomic E-state index is 9.82. The smallest absolute Gasteiger partial charge is 0.168 e. The van der Waals surface area contributed by atoms with Crippen molar-refractivity contribution in [2.45, 2.75) is 6.61 Å². The lowest BCUT2D eigenvalue weighted by molar-refractivity contribution is 0.284. The van der Waals surface area contributed by atoms with Gasteiger partial charge in [-0.15, -0.1) is 11.3 Å². The third kappa shape index (κ3) is 4.82. The van der Waals surface area contributed by atoms with Gasteiger partial charge in [-0.05, 0) is 17.7 Å². The summed E-state index contributed by atoms with van der Waals surface area (Å²) >= 11 is 1.45. The van der Waals surface area contributed by atoms with Crippen LogP contribution in [0.3, 0.4) is 0 Å². The molecule has 0 saturated carbocycles. The number of ether oxygens (including phenoxy) is 2. The molecular weight excluding hydrogens is 404 g/mol. The Hall–Kier alpha value is -3.88. The number of nitriles is 1. The van der Waals surface area contributed by atoms with Gasteiger partial charge in [0.25, 0.3) is 0 Å². The van der Waals surface area contributed by atoms with Gasteiger partial charge in [-0.25, -0.2) is 4.98 Å². The van der Waals surface area contributed by atoms with E-state index in [1.54, 1.807) is 13.2 Å². The average Bonchev–Trinajstić information content (AvgIpc) is 3.32. The molecule has 0 aliphatic heterocycles. The van der Waals surface area contributed by atoms with Crippen molar-refractivity contribution >= 4 is 23.0 Å². The van der Waals surface area contributed by atoms with Crippen LogP contribution in [0.1, 0.15) is 16.1 Å². The number of hydrogen-bond acceptors (Lipinski definition) is 5. The van der Waals surface area contributed by atoms with Gasteiger partial charge in [0.15, 0.2) is 11.5 Å². The van der Waals surface area contributed by atoms with Crippen molar-refractivity contribution in [1.82, 2.24) is 4.98 Å². The molecule has 0 spiro atoms. The second-order valence-electron chi connectivity index (χ2n) is 6.73. The number of thiazole rings is 1. The maximum Gasteiger partial charge on any atom is 0.168 e. The Morgan fingerprint density at radius 2 is 1.74 bits per heavy atom. The van der Waals surface area contributed by atoms with Gasteiger partial charge < -0.3 is 9.47 Å². The lowest BCUT2D eigenvalue weighted by Crippen LogP contribution is -1.99. The van der Waals surface area contributed by atoms with Crippen molar-refractivity contribution in [3.8, 4) is 28.8 Å². The van der Waals surface area contributed by atoms with E-state index in [9.17, 15) is 5.26 Å². The molecule has 152 valence electrons. The Morgan fingerprint density at radius 3 is 2.45 bits per heavy atom. The minimum Gasteiger partial charge on any atom is -0.493 e. The molecule has 0 N–H and O–H groups in total. The lowest BCUT2D eigenvalue weighted by Gasteiger charge is -2.13. The zero-order valence-corrected chi connectivity index (χ0v) is 17.8. The summed E-state index contributed by atoms with van der Waals surface area (Å²) in [5, 5.41) is 12.5. The number of hydrogen-bond donors (Lipinski definition) is 0. The third-order valence-corrected chi connectivity index (χ3v) is 5.56. The minimum atomic E-state index is 0.402. The average molecular weight is 425 g/mol. The predicted molar refractivity (Wildman–Crippen MR) is 125 cm³/mol. The monoisotopic (exact) mass is 424 g/mol. The second-order valence-corrected chi connectivity index (χ2v) is 7.58. The molecule has 0 unspecified atom stereocenters. The first-order valence-corrected chi connectivity index (χ1v) is 10.6. The molecule has 4 aromatic rings. The molecule has 0 amide bonds. The molecule has 3 aromatic carbocycles. The van der Waals surface area contributed by atoms with Crippen LogP contribution in [0.15, 0.2) is 84.2 Å². The Morgan fingerprint density at radius 1 is 1.00 bits per heavy atom. The fourth-order valence-electron chi connectivity index (χ4n) is 3.13. The number of aromatic nitrogens is 1. The summed E-state index contributed by atoms with van der Waals surface area (Å²) in [7, 11) is 1.61. The first kappa shape index (κ1) is 20.4. The highest BCUT2D eigenvalue weighted by Gasteiger charge is 2.13. The van der Waals surface area contributed by atoms with Crippen LogP contribution in [0.2, 0.25) is 0 Å². The van der Waals surface area contributed by atoms with E-state index in [-0.39, 0.29) is 0 Å². The normalized spacial score (nSPS) is 11.0. The van der Waals surface area contributed by atoms with Gasteiger partial charge in [0.1, 0.15) is 17.7 Å². The Labute approximate surface area is 185 Å². The van der Waals surface area contributed by atoms with E-state index in [0.29, 0.717) is 28.7 Å². The summed E-state index contributed by atoms with van der Waals surface area (Å²) in [5.74, 6) is 1.22. The van der Waals surface area contributed by atoms with Gasteiger partial charge in [-0.2, -0.15) is 5.26 Å². The van der Waals surface area contributed by atoms with Crippen molar-refractivity contribution in [2.75, 3.05) is 7.11 Å². The fraction of sp³-hybridized carbons (Fsp3) is 0.0769. The molecule has 5 heteroatoms. The molecule has 0 atom stereocenters.